The molecule has 0 radical (unpaired) electrons. The lowest BCUT2D eigenvalue weighted by atomic mass is 10.2. The minimum atomic E-state index is -0.257. The van der Waals surface area contributed by atoms with Crippen LogP contribution in [0.25, 0.3) is 0 Å². The van der Waals surface area contributed by atoms with Crippen molar-refractivity contribution in [2.45, 2.75) is 6.54 Å². The number of anilines is 2. The number of ether oxygens (including phenoxy) is 2. The van der Waals surface area contributed by atoms with Crippen molar-refractivity contribution >= 4 is 28.8 Å². The molecule has 0 saturated carbocycles. The number of rotatable bonds is 6. The number of nitrogens with zero attached hydrogens (tertiary/aromatic N) is 2. The number of benzene rings is 2. The Morgan fingerprint density at radius 1 is 1.07 bits per heavy atom. The average molecular weight is 386 g/mol. The van der Waals surface area contributed by atoms with Gasteiger partial charge in [0.05, 0.1) is 26.5 Å². The van der Waals surface area contributed by atoms with E-state index in [4.69, 9.17) is 21.7 Å². The first kappa shape index (κ1) is 18.7. The number of halogens is 1. The van der Waals surface area contributed by atoms with Gasteiger partial charge in [0.25, 0.3) is 0 Å². The molecule has 2 aromatic carbocycles. The second-order valence-corrected chi connectivity index (χ2v) is 6.08. The van der Waals surface area contributed by atoms with Gasteiger partial charge in [-0.05, 0) is 42.0 Å². The van der Waals surface area contributed by atoms with Gasteiger partial charge in [-0.1, -0.05) is 12.1 Å². The van der Waals surface area contributed by atoms with Crippen LogP contribution in [-0.2, 0) is 6.54 Å². The van der Waals surface area contributed by atoms with E-state index in [1.807, 2.05) is 24.4 Å². The number of aromatic nitrogens is 2. The Hall–Kier alpha value is -3.13. The highest BCUT2D eigenvalue weighted by molar-refractivity contribution is 7.80. The molecule has 3 aromatic rings. The first-order valence-electron chi connectivity index (χ1n) is 8.15. The predicted molar refractivity (Wildman–Crippen MR) is 107 cm³/mol. The van der Waals surface area contributed by atoms with E-state index in [2.05, 4.69) is 15.7 Å². The largest absolute Gasteiger partial charge is 0.497 e. The second kappa shape index (κ2) is 8.50. The molecule has 0 unspecified atom stereocenters. The van der Waals surface area contributed by atoms with Crippen molar-refractivity contribution in [2.75, 3.05) is 24.9 Å². The molecule has 0 atom stereocenters. The number of methoxy groups -OCH3 is 2. The highest BCUT2D eigenvalue weighted by atomic mass is 32.1. The van der Waals surface area contributed by atoms with Gasteiger partial charge < -0.3 is 20.1 Å². The van der Waals surface area contributed by atoms with Crippen molar-refractivity contribution in [3.8, 4) is 11.5 Å². The molecule has 1 aromatic heterocycles. The lowest BCUT2D eigenvalue weighted by Crippen LogP contribution is -2.20. The zero-order valence-electron chi connectivity index (χ0n) is 14.9. The molecule has 0 spiro atoms. The molecule has 0 fully saturated rings. The molecule has 6 nitrogen and oxygen atoms in total. The summed E-state index contributed by atoms with van der Waals surface area (Å²) in [5, 5.41) is 10.9. The molecular formula is C19H19FN4O2S. The van der Waals surface area contributed by atoms with E-state index < -0.39 is 0 Å². The first-order chi connectivity index (χ1) is 13.1. The SMILES string of the molecule is COc1ccc(NC(=S)Nc2ccn(Cc3ccc(F)cc3)n2)c(OC)c1. The van der Waals surface area contributed by atoms with Crippen LogP contribution in [0.2, 0.25) is 0 Å². The third kappa shape index (κ3) is 4.95. The summed E-state index contributed by atoms with van der Waals surface area (Å²) in [5.41, 5.74) is 1.66. The summed E-state index contributed by atoms with van der Waals surface area (Å²) in [4.78, 5) is 0. The summed E-state index contributed by atoms with van der Waals surface area (Å²) in [6.45, 7) is 0.536. The van der Waals surface area contributed by atoms with Crippen molar-refractivity contribution in [2.24, 2.45) is 0 Å². The predicted octanol–water partition coefficient (Wildman–Crippen LogP) is 3.90. The summed E-state index contributed by atoms with van der Waals surface area (Å²) in [6.07, 6.45) is 1.82. The van der Waals surface area contributed by atoms with Crippen LogP contribution in [0.1, 0.15) is 5.56 Å². The lowest BCUT2D eigenvalue weighted by molar-refractivity contribution is 0.395. The van der Waals surface area contributed by atoms with Gasteiger partial charge in [0.2, 0.25) is 0 Å². The van der Waals surface area contributed by atoms with Crippen molar-refractivity contribution in [1.82, 2.24) is 9.78 Å². The van der Waals surface area contributed by atoms with Crippen LogP contribution in [0, 0.1) is 5.82 Å². The fourth-order valence-electron chi connectivity index (χ4n) is 2.46. The molecule has 0 amide bonds. The summed E-state index contributed by atoms with van der Waals surface area (Å²) >= 11 is 5.34. The summed E-state index contributed by atoms with van der Waals surface area (Å²) in [5.74, 6) is 1.64. The van der Waals surface area contributed by atoms with Crippen LogP contribution >= 0.6 is 12.2 Å². The molecule has 0 saturated heterocycles. The molecule has 0 aliphatic carbocycles. The molecule has 2 N–H and O–H groups in total. The van der Waals surface area contributed by atoms with Gasteiger partial charge in [0.15, 0.2) is 10.9 Å². The topological polar surface area (TPSA) is 60.3 Å². The van der Waals surface area contributed by atoms with E-state index in [0.717, 1.165) is 5.56 Å². The van der Waals surface area contributed by atoms with E-state index in [-0.39, 0.29) is 5.82 Å². The molecule has 140 valence electrons. The Balaban J connectivity index is 1.61. The maximum Gasteiger partial charge on any atom is 0.176 e. The van der Waals surface area contributed by atoms with Crippen molar-refractivity contribution in [3.63, 3.8) is 0 Å². The van der Waals surface area contributed by atoms with Gasteiger partial charge >= 0.3 is 0 Å². The summed E-state index contributed by atoms with van der Waals surface area (Å²) in [7, 11) is 3.17. The molecule has 8 heteroatoms. The summed E-state index contributed by atoms with van der Waals surface area (Å²) in [6, 6.07) is 13.5. The smallest absolute Gasteiger partial charge is 0.176 e. The quantitative estimate of drug-likeness (QED) is 0.627. The molecule has 0 aliphatic rings. The van der Waals surface area contributed by atoms with E-state index >= 15 is 0 Å². The van der Waals surface area contributed by atoms with Gasteiger partial charge in [0, 0.05) is 18.3 Å². The van der Waals surface area contributed by atoms with E-state index in [0.29, 0.717) is 34.7 Å². The van der Waals surface area contributed by atoms with Crippen LogP contribution in [0.15, 0.2) is 54.7 Å². The fourth-order valence-corrected chi connectivity index (χ4v) is 2.68. The highest BCUT2D eigenvalue weighted by Gasteiger charge is 2.08. The summed E-state index contributed by atoms with van der Waals surface area (Å²) < 4.78 is 25.2. The van der Waals surface area contributed by atoms with Gasteiger partial charge in [0.1, 0.15) is 17.3 Å². The minimum Gasteiger partial charge on any atom is -0.497 e. The molecule has 1 heterocycles. The van der Waals surface area contributed by atoms with E-state index in [1.165, 1.54) is 12.1 Å². The zero-order valence-corrected chi connectivity index (χ0v) is 15.7. The molecule has 0 bridgehead atoms. The normalized spacial score (nSPS) is 10.3. The maximum atomic E-state index is 13.0. The third-order valence-electron chi connectivity index (χ3n) is 3.80. The van der Waals surface area contributed by atoms with E-state index in [9.17, 15) is 4.39 Å². The Kier molecular flexibility index (Phi) is 5.87. The molecule has 0 aliphatic heterocycles. The lowest BCUT2D eigenvalue weighted by Gasteiger charge is -2.13. The fraction of sp³-hybridized carbons (Fsp3) is 0.158. The van der Waals surface area contributed by atoms with E-state index in [1.54, 1.807) is 37.1 Å². The van der Waals surface area contributed by atoms with Gasteiger partial charge in [-0.15, -0.1) is 0 Å². The first-order valence-corrected chi connectivity index (χ1v) is 8.56. The molecular weight excluding hydrogens is 367 g/mol. The monoisotopic (exact) mass is 386 g/mol. The number of hydrogen-bond donors (Lipinski definition) is 2. The Morgan fingerprint density at radius 2 is 1.85 bits per heavy atom. The molecule has 27 heavy (non-hydrogen) atoms. The number of hydrogen-bond acceptors (Lipinski definition) is 4. The highest BCUT2D eigenvalue weighted by Crippen LogP contribution is 2.29. The third-order valence-corrected chi connectivity index (χ3v) is 4.00. The Labute approximate surface area is 161 Å². The minimum absolute atomic E-state index is 0.257. The number of thiocarbonyl (C=S) groups is 1. The van der Waals surface area contributed by atoms with Gasteiger partial charge in [-0.2, -0.15) is 5.10 Å². The van der Waals surface area contributed by atoms with Crippen LogP contribution < -0.4 is 20.1 Å². The van der Waals surface area contributed by atoms with Gasteiger partial charge in [-0.3, -0.25) is 4.68 Å². The zero-order chi connectivity index (χ0) is 19.2. The second-order valence-electron chi connectivity index (χ2n) is 5.67. The Bertz CT molecular complexity index is 928. The van der Waals surface area contributed by atoms with Gasteiger partial charge in [-0.25, -0.2) is 4.39 Å². The van der Waals surface area contributed by atoms with Crippen LogP contribution in [-0.4, -0.2) is 29.1 Å². The Morgan fingerprint density at radius 3 is 2.56 bits per heavy atom. The van der Waals surface area contributed by atoms with Crippen LogP contribution in [0.3, 0.4) is 0 Å². The van der Waals surface area contributed by atoms with Crippen molar-refractivity contribution < 1.29 is 13.9 Å². The standard InChI is InChI=1S/C19H19FN4O2S/c1-25-15-7-8-16(17(11-15)26-2)21-19(27)22-18-9-10-24(23-18)12-13-3-5-14(20)6-4-13/h3-11H,12H2,1-2H3,(H2,21,22,23,27). The number of nitrogens with one attached hydrogen (secondary N) is 2. The molecule has 3 rings (SSSR count). The van der Waals surface area contributed by atoms with Crippen molar-refractivity contribution in [1.29, 1.82) is 0 Å². The van der Waals surface area contributed by atoms with Crippen LogP contribution in [0.5, 0.6) is 11.5 Å². The van der Waals surface area contributed by atoms with Crippen LogP contribution in [0.4, 0.5) is 15.9 Å². The maximum absolute atomic E-state index is 13.0. The van der Waals surface area contributed by atoms with Crippen molar-refractivity contribution in [3.05, 3.63) is 66.1 Å². The average Bonchev–Trinajstić information content (AvgIpc) is 3.10.